The molecule has 0 fully saturated rings. The van der Waals surface area contributed by atoms with Gasteiger partial charge in [0, 0.05) is 30.7 Å². The van der Waals surface area contributed by atoms with E-state index in [4.69, 9.17) is 9.84 Å². The maximum absolute atomic E-state index is 12.0. The number of rotatable bonds is 8. The second kappa shape index (κ2) is 9.07. The molecule has 5 heteroatoms. The number of carbonyl (C=O) groups is 1. The minimum Gasteiger partial charge on any atom is -0.395 e. The molecule has 1 unspecified atom stereocenters. The fourth-order valence-electron chi connectivity index (χ4n) is 1.86. The van der Waals surface area contributed by atoms with E-state index in [2.05, 4.69) is 21.2 Å². The van der Waals surface area contributed by atoms with Gasteiger partial charge in [-0.3, -0.25) is 4.79 Å². The maximum atomic E-state index is 12.0. The number of aliphatic hydroxyl groups excluding tert-OH is 1. The summed E-state index contributed by atoms with van der Waals surface area (Å²) in [6.07, 6.45) is 1.33. The van der Waals surface area contributed by atoms with Gasteiger partial charge in [0.2, 0.25) is 5.91 Å². The van der Waals surface area contributed by atoms with Crippen LogP contribution in [0.1, 0.15) is 12.0 Å². The third-order valence-electron chi connectivity index (χ3n) is 2.82. The molecular weight excluding hydrogens is 310 g/mol. The van der Waals surface area contributed by atoms with Gasteiger partial charge in [-0.15, -0.1) is 0 Å². The molecule has 1 aromatic rings. The molecule has 19 heavy (non-hydrogen) atoms. The molecule has 1 atom stereocenters. The van der Waals surface area contributed by atoms with Crippen LogP contribution in [0.5, 0.6) is 0 Å². The zero-order valence-electron chi connectivity index (χ0n) is 11.1. The van der Waals surface area contributed by atoms with Gasteiger partial charge in [-0.2, -0.15) is 0 Å². The van der Waals surface area contributed by atoms with Gasteiger partial charge in [0.05, 0.1) is 6.61 Å². The van der Waals surface area contributed by atoms with Crippen LogP contribution >= 0.6 is 15.9 Å². The standard InChI is InChI=1S/C14H20BrNO3/c1-19-8-5-12(14(18)16-6-7-17)9-11-3-2-4-13(15)10-11/h2-4,10,12,17H,5-9H2,1H3,(H,16,18). The van der Waals surface area contributed by atoms with Crippen LogP contribution in [0.15, 0.2) is 28.7 Å². The van der Waals surface area contributed by atoms with Crippen molar-refractivity contribution in [2.75, 3.05) is 26.9 Å². The number of amides is 1. The third kappa shape index (κ3) is 6.18. The lowest BCUT2D eigenvalue weighted by Gasteiger charge is -2.16. The number of benzene rings is 1. The predicted molar refractivity (Wildman–Crippen MR) is 77.9 cm³/mol. The number of hydrogen-bond donors (Lipinski definition) is 2. The topological polar surface area (TPSA) is 58.6 Å². The van der Waals surface area contributed by atoms with Crippen LogP contribution in [-0.2, 0) is 16.0 Å². The Morgan fingerprint density at radius 3 is 2.95 bits per heavy atom. The first kappa shape index (κ1) is 16.1. The van der Waals surface area contributed by atoms with E-state index in [9.17, 15) is 4.79 Å². The highest BCUT2D eigenvalue weighted by molar-refractivity contribution is 9.10. The minimum absolute atomic E-state index is 0.0360. The molecule has 0 bridgehead atoms. The summed E-state index contributed by atoms with van der Waals surface area (Å²) in [4.78, 5) is 12.0. The van der Waals surface area contributed by atoms with Gasteiger partial charge < -0.3 is 15.2 Å². The summed E-state index contributed by atoms with van der Waals surface area (Å²) in [6, 6.07) is 7.93. The highest BCUT2D eigenvalue weighted by Crippen LogP contribution is 2.17. The summed E-state index contributed by atoms with van der Waals surface area (Å²) in [5.41, 5.74) is 1.11. The zero-order chi connectivity index (χ0) is 14.1. The largest absolute Gasteiger partial charge is 0.395 e. The van der Waals surface area contributed by atoms with Gasteiger partial charge in [-0.1, -0.05) is 28.1 Å². The van der Waals surface area contributed by atoms with Crippen molar-refractivity contribution >= 4 is 21.8 Å². The summed E-state index contributed by atoms with van der Waals surface area (Å²) >= 11 is 3.43. The molecule has 1 amide bonds. The van der Waals surface area contributed by atoms with Gasteiger partial charge in [-0.05, 0) is 30.5 Å². The van der Waals surface area contributed by atoms with Crippen LogP contribution in [-0.4, -0.2) is 37.9 Å². The van der Waals surface area contributed by atoms with Crippen molar-refractivity contribution in [3.8, 4) is 0 Å². The first-order valence-electron chi connectivity index (χ1n) is 6.29. The maximum Gasteiger partial charge on any atom is 0.223 e. The summed E-state index contributed by atoms with van der Waals surface area (Å²) in [5, 5.41) is 11.5. The Hall–Kier alpha value is -0.910. The number of nitrogens with one attached hydrogen (secondary N) is 1. The quantitative estimate of drug-likeness (QED) is 0.764. The average molecular weight is 330 g/mol. The molecule has 1 aromatic carbocycles. The van der Waals surface area contributed by atoms with E-state index in [1.165, 1.54) is 0 Å². The fourth-order valence-corrected chi connectivity index (χ4v) is 2.30. The lowest BCUT2D eigenvalue weighted by atomic mass is 9.95. The van der Waals surface area contributed by atoms with Crippen LogP contribution in [0.25, 0.3) is 0 Å². The number of ether oxygens (including phenoxy) is 1. The lowest BCUT2D eigenvalue weighted by Crippen LogP contribution is -2.34. The third-order valence-corrected chi connectivity index (χ3v) is 3.32. The molecule has 0 aliphatic heterocycles. The molecule has 0 aliphatic carbocycles. The Balaban J connectivity index is 2.65. The normalized spacial score (nSPS) is 12.2. The highest BCUT2D eigenvalue weighted by Gasteiger charge is 2.18. The molecule has 0 saturated carbocycles. The molecule has 1 rings (SSSR count). The first-order chi connectivity index (χ1) is 9.17. The van der Waals surface area contributed by atoms with Crippen LogP contribution in [0, 0.1) is 5.92 Å². The molecule has 0 aliphatic rings. The van der Waals surface area contributed by atoms with Crippen LogP contribution in [0.3, 0.4) is 0 Å². The molecule has 0 aromatic heterocycles. The Morgan fingerprint density at radius 2 is 2.32 bits per heavy atom. The molecular formula is C14H20BrNO3. The van der Waals surface area contributed by atoms with E-state index in [1.54, 1.807) is 7.11 Å². The van der Waals surface area contributed by atoms with Crippen molar-refractivity contribution in [3.05, 3.63) is 34.3 Å². The Kier molecular flexibility index (Phi) is 7.70. The van der Waals surface area contributed by atoms with Gasteiger partial charge in [-0.25, -0.2) is 0 Å². The Bertz CT molecular complexity index is 398. The van der Waals surface area contributed by atoms with Gasteiger partial charge >= 0.3 is 0 Å². The first-order valence-corrected chi connectivity index (χ1v) is 7.08. The van der Waals surface area contributed by atoms with Crippen LogP contribution in [0.2, 0.25) is 0 Å². The highest BCUT2D eigenvalue weighted by atomic mass is 79.9. The monoisotopic (exact) mass is 329 g/mol. The smallest absolute Gasteiger partial charge is 0.223 e. The predicted octanol–water partition coefficient (Wildman–Crippen LogP) is 1.75. The molecule has 2 N–H and O–H groups in total. The van der Waals surface area contributed by atoms with E-state index in [-0.39, 0.29) is 18.4 Å². The number of aliphatic hydroxyl groups is 1. The van der Waals surface area contributed by atoms with Gasteiger partial charge in [0.15, 0.2) is 0 Å². The molecule has 0 radical (unpaired) electrons. The van der Waals surface area contributed by atoms with Crippen molar-refractivity contribution in [2.45, 2.75) is 12.8 Å². The zero-order valence-corrected chi connectivity index (χ0v) is 12.6. The summed E-state index contributed by atoms with van der Waals surface area (Å²) in [6.45, 7) is 0.797. The molecule has 0 spiro atoms. The summed E-state index contributed by atoms with van der Waals surface area (Å²) in [5.74, 6) is -0.174. The van der Waals surface area contributed by atoms with Crippen LogP contribution < -0.4 is 5.32 Å². The molecule has 4 nitrogen and oxygen atoms in total. The van der Waals surface area contributed by atoms with Gasteiger partial charge in [0.1, 0.15) is 0 Å². The Labute approximate surface area is 122 Å². The molecule has 106 valence electrons. The molecule has 0 saturated heterocycles. The number of methoxy groups -OCH3 is 1. The fraction of sp³-hybridized carbons (Fsp3) is 0.500. The number of hydrogen-bond acceptors (Lipinski definition) is 3. The number of carbonyl (C=O) groups excluding carboxylic acids is 1. The second-order valence-corrected chi connectivity index (χ2v) is 5.24. The van der Waals surface area contributed by atoms with Crippen molar-refractivity contribution in [1.29, 1.82) is 0 Å². The van der Waals surface area contributed by atoms with Crippen molar-refractivity contribution in [3.63, 3.8) is 0 Å². The summed E-state index contributed by atoms with van der Waals surface area (Å²) < 4.78 is 6.06. The van der Waals surface area contributed by atoms with E-state index in [0.717, 1.165) is 10.0 Å². The van der Waals surface area contributed by atoms with Crippen LogP contribution in [0.4, 0.5) is 0 Å². The minimum atomic E-state index is -0.138. The summed E-state index contributed by atoms with van der Waals surface area (Å²) in [7, 11) is 1.63. The van der Waals surface area contributed by atoms with Gasteiger partial charge in [0.25, 0.3) is 0 Å². The van der Waals surface area contributed by atoms with E-state index >= 15 is 0 Å². The van der Waals surface area contributed by atoms with E-state index < -0.39 is 0 Å². The Morgan fingerprint density at radius 1 is 1.53 bits per heavy atom. The SMILES string of the molecule is COCCC(Cc1cccc(Br)c1)C(=O)NCCO. The van der Waals surface area contributed by atoms with E-state index in [1.807, 2.05) is 24.3 Å². The second-order valence-electron chi connectivity index (χ2n) is 4.33. The van der Waals surface area contributed by atoms with Crippen molar-refractivity contribution in [1.82, 2.24) is 5.32 Å². The molecule has 0 heterocycles. The van der Waals surface area contributed by atoms with Crippen molar-refractivity contribution in [2.24, 2.45) is 5.92 Å². The average Bonchev–Trinajstić information content (AvgIpc) is 2.40. The van der Waals surface area contributed by atoms with Crippen molar-refractivity contribution < 1.29 is 14.6 Å². The lowest BCUT2D eigenvalue weighted by molar-refractivity contribution is -0.125. The van der Waals surface area contributed by atoms with E-state index in [0.29, 0.717) is 26.0 Å². The number of halogens is 1.